The zero-order chi connectivity index (χ0) is 63.9. The molecule has 1 aliphatic carbocycles. The summed E-state index contributed by atoms with van der Waals surface area (Å²) in [5, 5.41) is 5.39. The van der Waals surface area contributed by atoms with Crippen LogP contribution in [0.1, 0.15) is 114 Å². The number of aromatic nitrogens is 2. The number of carbonyl (C=O) groups is 4. The molecule has 3 heterocycles. The number of hydrogen-bond acceptors (Lipinski definition) is 15. The summed E-state index contributed by atoms with van der Waals surface area (Å²) in [6.07, 6.45) is 15.2. The second-order valence-corrected chi connectivity index (χ2v) is 24.6. The van der Waals surface area contributed by atoms with Crippen LogP contribution in [0.4, 0.5) is 0 Å². The van der Waals surface area contributed by atoms with Crippen LogP contribution in [0.5, 0.6) is 34.5 Å². The van der Waals surface area contributed by atoms with E-state index in [4.69, 9.17) is 52.6 Å². The molecule has 12 rings (SSSR count). The molecule has 1 saturated carbocycles. The third-order valence-corrected chi connectivity index (χ3v) is 18.0. The van der Waals surface area contributed by atoms with Gasteiger partial charge in [-0.25, -0.2) is 14.8 Å². The zero-order valence-corrected chi connectivity index (χ0v) is 53.2. The summed E-state index contributed by atoms with van der Waals surface area (Å²) < 4.78 is 53.9. The molecule has 3 aliphatic rings. The number of esters is 2. The number of rotatable bonds is 32. The predicted octanol–water partition coefficient (Wildman–Crippen LogP) is 15.7. The van der Waals surface area contributed by atoms with Gasteiger partial charge in [0, 0.05) is 42.7 Å². The molecular weight excluding hydrogens is 1170 g/mol. The SMILES string of the molecule is CCCOCCOc1cccc(-c2ccc3nc4c5cc(OCC6CCC(C(=O)Oc7ccc(OCCCCCCN8C(=O)C=CC8=O)cc7)CC6)ccc5c5ccc(OC(=O)c6ccc7cc(OCCCCCCOC8(CC)COC8)ccc7c6)cc5c4nc3c2)c1. The Morgan fingerprint density at radius 2 is 1.13 bits per heavy atom. The van der Waals surface area contributed by atoms with Crippen molar-refractivity contribution in [1.29, 1.82) is 0 Å². The molecule has 0 atom stereocenters. The van der Waals surface area contributed by atoms with E-state index >= 15 is 0 Å². The summed E-state index contributed by atoms with van der Waals surface area (Å²) in [4.78, 5) is 62.9. The average molecular weight is 1260 g/mol. The number of fused-ring (bicyclic) bond motifs is 8. The monoisotopic (exact) mass is 1260 g/mol. The fourth-order valence-corrected chi connectivity index (χ4v) is 12.4. The summed E-state index contributed by atoms with van der Waals surface area (Å²) >= 11 is 0. The molecule has 2 fully saturated rings. The standard InChI is InChI=1S/C77H81N3O13/c1-3-37-85-41-42-89-61-15-13-14-54(44-61)57-23-33-69-70(46-57)79-74-68-48-64(93-76(84)58-21-20-56-45-62(24-22-55(56)43-58)88-39-11-7-8-12-40-91-77(4-2)50-86-51-77)30-32-66(68)65-31-29-63(47-67(65)73(74)78-69)90-49-52-16-18-53(19-17-52)75(83)92-60-27-25-59(26-28-60)87-38-10-6-5-9-36-80-71(81)34-35-72(80)82/h13-15,20-35,43-48,52-53H,3-12,16-19,36-42,49-51H2,1-2H3. The van der Waals surface area contributed by atoms with Crippen LogP contribution in [0.3, 0.4) is 0 Å². The van der Waals surface area contributed by atoms with Crippen LogP contribution in [-0.2, 0) is 28.6 Å². The Balaban J connectivity index is 0.693. The molecule has 1 aromatic heterocycles. The van der Waals surface area contributed by atoms with Crippen molar-refractivity contribution in [2.45, 2.75) is 109 Å². The molecule has 0 bridgehead atoms. The number of carbonyl (C=O) groups excluding carboxylic acids is 4. The van der Waals surface area contributed by atoms with E-state index in [1.54, 1.807) is 18.2 Å². The van der Waals surface area contributed by atoms with E-state index in [0.29, 0.717) is 117 Å². The first kappa shape index (κ1) is 64.2. The van der Waals surface area contributed by atoms with Crippen molar-refractivity contribution in [1.82, 2.24) is 14.9 Å². The van der Waals surface area contributed by atoms with Crippen LogP contribution in [0.2, 0.25) is 0 Å². The molecular formula is C77H81N3O13. The summed E-state index contributed by atoms with van der Waals surface area (Å²) in [7, 11) is 0. The van der Waals surface area contributed by atoms with Gasteiger partial charge in [0.05, 0.1) is 73.2 Å². The third-order valence-electron chi connectivity index (χ3n) is 18.0. The first-order valence-corrected chi connectivity index (χ1v) is 33.2. The minimum absolute atomic E-state index is 0.0674. The Kier molecular flexibility index (Phi) is 21.1. The van der Waals surface area contributed by atoms with Gasteiger partial charge in [-0.05, 0) is 218 Å². The van der Waals surface area contributed by atoms with Gasteiger partial charge in [0.1, 0.15) is 46.7 Å². The van der Waals surface area contributed by atoms with Gasteiger partial charge in [0.25, 0.3) is 11.8 Å². The molecule has 16 heteroatoms. The number of amides is 2. The molecule has 16 nitrogen and oxygen atoms in total. The molecule has 0 unspecified atom stereocenters. The van der Waals surface area contributed by atoms with Crippen LogP contribution in [-0.4, -0.2) is 110 Å². The number of benzene rings is 8. The Labute approximate surface area is 542 Å². The minimum Gasteiger partial charge on any atom is -0.494 e. The second kappa shape index (κ2) is 30.6. The van der Waals surface area contributed by atoms with Crippen LogP contribution < -0.4 is 28.4 Å². The van der Waals surface area contributed by atoms with Gasteiger partial charge in [-0.15, -0.1) is 0 Å². The van der Waals surface area contributed by atoms with Crippen molar-refractivity contribution in [3.8, 4) is 45.6 Å². The maximum absolute atomic E-state index is 14.0. The maximum atomic E-state index is 14.0. The van der Waals surface area contributed by atoms with E-state index in [-0.39, 0.29) is 35.2 Å². The fraction of sp³-hybridized carbons (Fsp3) is 0.377. The fourth-order valence-electron chi connectivity index (χ4n) is 12.4. The van der Waals surface area contributed by atoms with E-state index < -0.39 is 5.97 Å². The molecule has 2 amide bonds. The highest BCUT2D eigenvalue weighted by Gasteiger charge is 2.37. The van der Waals surface area contributed by atoms with Crippen molar-refractivity contribution in [3.05, 3.63) is 157 Å². The lowest BCUT2D eigenvalue weighted by Crippen LogP contribution is -2.51. The van der Waals surface area contributed by atoms with E-state index in [1.165, 1.54) is 17.1 Å². The highest BCUT2D eigenvalue weighted by atomic mass is 16.6. The highest BCUT2D eigenvalue weighted by Crippen LogP contribution is 2.40. The Hall–Kier alpha value is -8.96. The second-order valence-electron chi connectivity index (χ2n) is 24.6. The topological polar surface area (TPSA) is 180 Å². The highest BCUT2D eigenvalue weighted by molar-refractivity contribution is 6.24. The molecule has 8 aromatic carbocycles. The quantitative estimate of drug-likeness (QED) is 0.00969. The van der Waals surface area contributed by atoms with Gasteiger partial charge in [-0.1, -0.05) is 63.4 Å². The van der Waals surface area contributed by atoms with Crippen molar-refractivity contribution in [2.75, 3.05) is 66.0 Å². The minimum atomic E-state index is -0.479. The molecule has 9 aromatic rings. The molecule has 2 aliphatic heterocycles. The van der Waals surface area contributed by atoms with Gasteiger partial charge in [-0.3, -0.25) is 19.3 Å². The van der Waals surface area contributed by atoms with Crippen LogP contribution in [0, 0.1) is 11.8 Å². The van der Waals surface area contributed by atoms with E-state index in [2.05, 4.69) is 38.1 Å². The predicted molar refractivity (Wildman–Crippen MR) is 360 cm³/mol. The van der Waals surface area contributed by atoms with Crippen LogP contribution >= 0.6 is 0 Å². The van der Waals surface area contributed by atoms with E-state index in [1.807, 2.05) is 97.1 Å². The molecule has 0 N–H and O–H groups in total. The van der Waals surface area contributed by atoms with E-state index in [9.17, 15) is 19.2 Å². The van der Waals surface area contributed by atoms with Gasteiger partial charge >= 0.3 is 11.9 Å². The number of hydrogen-bond donors (Lipinski definition) is 0. The zero-order valence-electron chi connectivity index (χ0n) is 53.2. The lowest BCUT2D eigenvalue weighted by atomic mass is 9.82. The van der Waals surface area contributed by atoms with Crippen molar-refractivity contribution < 1.29 is 61.8 Å². The molecule has 0 radical (unpaired) electrons. The molecule has 93 heavy (non-hydrogen) atoms. The number of nitrogens with zero attached hydrogens (tertiary/aromatic N) is 3. The van der Waals surface area contributed by atoms with E-state index in [0.717, 1.165) is 144 Å². The van der Waals surface area contributed by atoms with Gasteiger partial charge in [0.15, 0.2) is 0 Å². The first-order valence-electron chi connectivity index (χ1n) is 33.2. The van der Waals surface area contributed by atoms with Gasteiger partial charge in [0.2, 0.25) is 0 Å². The number of imide groups is 1. The van der Waals surface area contributed by atoms with Crippen molar-refractivity contribution >= 4 is 78.1 Å². The summed E-state index contributed by atoms with van der Waals surface area (Å²) in [6, 6.07) is 44.6. The third kappa shape index (κ3) is 16.1. The van der Waals surface area contributed by atoms with Crippen LogP contribution in [0.15, 0.2) is 152 Å². The normalized spacial score (nSPS) is 16.1. The number of ether oxygens (including phenoxy) is 9. The average Bonchev–Trinajstić information content (AvgIpc) is 0.793. The molecule has 1 saturated heterocycles. The lowest BCUT2D eigenvalue weighted by Gasteiger charge is -2.40. The molecule has 482 valence electrons. The van der Waals surface area contributed by atoms with Crippen LogP contribution in [0.25, 0.3) is 65.5 Å². The molecule has 0 spiro atoms. The number of unbranched alkanes of at least 4 members (excludes halogenated alkanes) is 6. The Morgan fingerprint density at radius 1 is 0.516 bits per heavy atom. The smallest absolute Gasteiger partial charge is 0.343 e. The largest absolute Gasteiger partial charge is 0.494 e. The Morgan fingerprint density at radius 3 is 1.86 bits per heavy atom. The van der Waals surface area contributed by atoms with Crippen molar-refractivity contribution in [2.24, 2.45) is 11.8 Å². The summed E-state index contributed by atoms with van der Waals surface area (Å²) in [5.41, 5.74) is 5.05. The Bertz CT molecular complexity index is 4130. The maximum Gasteiger partial charge on any atom is 0.343 e. The first-order chi connectivity index (χ1) is 45.6. The lowest BCUT2D eigenvalue weighted by molar-refractivity contribution is -0.211. The summed E-state index contributed by atoms with van der Waals surface area (Å²) in [6.45, 7) is 10.2. The van der Waals surface area contributed by atoms with Gasteiger partial charge in [-0.2, -0.15) is 0 Å². The van der Waals surface area contributed by atoms with Gasteiger partial charge < -0.3 is 42.6 Å². The van der Waals surface area contributed by atoms with Crippen molar-refractivity contribution in [3.63, 3.8) is 0 Å². The summed E-state index contributed by atoms with van der Waals surface area (Å²) in [5.74, 6) is 2.65.